The highest BCUT2D eigenvalue weighted by atomic mass is 15.2. The molecule has 1 saturated heterocycles. The van der Waals surface area contributed by atoms with Crippen LogP contribution in [0, 0.1) is 6.92 Å². The summed E-state index contributed by atoms with van der Waals surface area (Å²) in [6.07, 6.45) is 4.02. The monoisotopic (exact) mass is 218 g/mol. The Bertz CT molecular complexity index is 312. The quantitative estimate of drug-likeness (QED) is 0.844. The molecule has 0 unspecified atom stereocenters. The number of benzene rings is 1. The molecule has 0 bridgehead atoms. The van der Waals surface area contributed by atoms with Crippen LogP contribution in [0.2, 0.25) is 0 Å². The van der Waals surface area contributed by atoms with Crippen molar-refractivity contribution in [2.45, 2.75) is 32.2 Å². The summed E-state index contributed by atoms with van der Waals surface area (Å²) in [5.74, 6) is 0. The van der Waals surface area contributed by atoms with Gasteiger partial charge in [0.15, 0.2) is 0 Å². The Labute approximate surface area is 98.4 Å². The first kappa shape index (κ1) is 11.6. The number of aryl methyl sites for hydroxylation is 1. The fraction of sp³-hybridized carbons (Fsp3) is 0.571. The maximum atomic E-state index is 5.93. The summed E-state index contributed by atoms with van der Waals surface area (Å²) in [6.45, 7) is 5.26. The van der Waals surface area contributed by atoms with Crippen molar-refractivity contribution in [2.24, 2.45) is 5.73 Å². The molecule has 1 aromatic carbocycles. The number of hydrogen-bond donors (Lipinski definition) is 1. The summed E-state index contributed by atoms with van der Waals surface area (Å²) in [4.78, 5) is 2.54. The van der Waals surface area contributed by atoms with Crippen molar-refractivity contribution in [2.75, 3.05) is 19.6 Å². The number of nitrogens with two attached hydrogens (primary N) is 1. The average Bonchev–Trinajstić information content (AvgIpc) is 2.34. The molecule has 0 saturated carbocycles. The molecule has 1 aromatic rings. The predicted molar refractivity (Wildman–Crippen MR) is 68.4 cm³/mol. The molecule has 2 N–H and O–H groups in total. The Morgan fingerprint density at radius 3 is 2.31 bits per heavy atom. The summed E-state index contributed by atoms with van der Waals surface area (Å²) in [5, 5.41) is 0. The molecular weight excluding hydrogens is 196 g/mol. The van der Waals surface area contributed by atoms with Crippen LogP contribution in [-0.4, -0.2) is 24.5 Å². The topological polar surface area (TPSA) is 29.3 Å². The van der Waals surface area contributed by atoms with Crippen LogP contribution >= 0.6 is 0 Å². The van der Waals surface area contributed by atoms with Gasteiger partial charge in [-0.3, -0.25) is 4.90 Å². The second-order valence-corrected chi connectivity index (χ2v) is 4.76. The molecular formula is C14H22N2. The van der Waals surface area contributed by atoms with Crippen LogP contribution in [0.25, 0.3) is 0 Å². The van der Waals surface area contributed by atoms with Crippen molar-refractivity contribution in [1.29, 1.82) is 0 Å². The lowest BCUT2D eigenvalue weighted by Gasteiger charge is -2.34. The van der Waals surface area contributed by atoms with Crippen molar-refractivity contribution in [3.63, 3.8) is 0 Å². The zero-order chi connectivity index (χ0) is 11.4. The van der Waals surface area contributed by atoms with Gasteiger partial charge >= 0.3 is 0 Å². The number of piperidine rings is 1. The maximum Gasteiger partial charge on any atom is 0.0470 e. The van der Waals surface area contributed by atoms with Gasteiger partial charge in [0.2, 0.25) is 0 Å². The Morgan fingerprint density at radius 2 is 1.75 bits per heavy atom. The van der Waals surface area contributed by atoms with Crippen molar-refractivity contribution in [1.82, 2.24) is 4.90 Å². The van der Waals surface area contributed by atoms with Crippen LogP contribution in [0.4, 0.5) is 0 Å². The van der Waals surface area contributed by atoms with Crippen molar-refractivity contribution < 1.29 is 0 Å². The molecule has 0 radical (unpaired) electrons. The summed E-state index contributed by atoms with van der Waals surface area (Å²) < 4.78 is 0. The van der Waals surface area contributed by atoms with Gasteiger partial charge in [-0.15, -0.1) is 0 Å². The summed E-state index contributed by atoms with van der Waals surface area (Å²) >= 11 is 0. The summed E-state index contributed by atoms with van der Waals surface area (Å²) in [5.41, 5.74) is 8.62. The molecule has 1 heterocycles. The number of rotatable bonds is 3. The fourth-order valence-electron chi connectivity index (χ4n) is 2.51. The minimum atomic E-state index is 0.417. The Kier molecular flexibility index (Phi) is 3.97. The van der Waals surface area contributed by atoms with Crippen LogP contribution in [-0.2, 0) is 0 Å². The van der Waals surface area contributed by atoms with Crippen molar-refractivity contribution in [3.05, 3.63) is 35.4 Å². The third-order valence-corrected chi connectivity index (χ3v) is 3.52. The summed E-state index contributed by atoms with van der Waals surface area (Å²) in [6, 6.07) is 9.23. The van der Waals surface area contributed by atoms with E-state index in [1.807, 2.05) is 0 Å². The van der Waals surface area contributed by atoms with Crippen molar-refractivity contribution in [3.8, 4) is 0 Å². The predicted octanol–water partition coefficient (Wildman–Crippen LogP) is 2.48. The highest BCUT2D eigenvalue weighted by Gasteiger charge is 2.20. The second-order valence-electron chi connectivity index (χ2n) is 4.76. The molecule has 0 spiro atoms. The lowest BCUT2D eigenvalue weighted by Crippen LogP contribution is -2.37. The molecule has 1 aliphatic rings. The first-order valence-electron chi connectivity index (χ1n) is 6.32. The standard InChI is InChI=1S/C14H22N2/c1-12-5-7-13(8-6-12)14(11-15)16-9-3-2-4-10-16/h5-8,14H,2-4,9-11,15H2,1H3/t14-/m1/s1. The molecule has 1 fully saturated rings. The SMILES string of the molecule is Cc1ccc([C@@H](CN)N2CCCCC2)cc1. The van der Waals surface area contributed by atoms with Crippen LogP contribution in [0.15, 0.2) is 24.3 Å². The van der Waals surface area contributed by atoms with Gasteiger partial charge in [-0.05, 0) is 38.4 Å². The zero-order valence-corrected chi connectivity index (χ0v) is 10.2. The van der Waals surface area contributed by atoms with Gasteiger partial charge in [0, 0.05) is 12.6 Å². The molecule has 2 rings (SSSR count). The van der Waals surface area contributed by atoms with Gasteiger partial charge < -0.3 is 5.73 Å². The van der Waals surface area contributed by atoms with Gasteiger partial charge in [-0.2, -0.15) is 0 Å². The van der Waals surface area contributed by atoms with Crippen LogP contribution in [0.5, 0.6) is 0 Å². The molecule has 2 nitrogen and oxygen atoms in total. The minimum absolute atomic E-state index is 0.417. The summed E-state index contributed by atoms with van der Waals surface area (Å²) in [7, 11) is 0. The molecule has 1 atom stereocenters. The first-order valence-corrected chi connectivity index (χ1v) is 6.32. The highest BCUT2D eigenvalue weighted by Crippen LogP contribution is 2.23. The van der Waals surface area contributed by atoms with Gasteiger partial charge in [-0.1, -0.05) is 36.2 Å². The van der Waals surface area contributed by atoms with E-state index in [1.54, 1.807) is 0 Å². The first-order chi connectivity index (χ1) is 7.81. The lowest BCUT2D eigenvalue weighted by atomic mass is 10.0. The van der Waals surface area contributed by atoms with Gasteiger partial charge in [0.05, 0.1) is 0 Å². The lowest BCUT2D eigenvalue weighted by molar-refractivity contribution is 0.167. The molecule has 0 aliphatic carbocycles. The molecule has 0 aromatic heterocycles. The van der Waals surface area contributed by atoms with Crippen molar-refractivity contribution >= 4 is 0 Å². The van der Waals surface area contributed by atoms with Crippen LogP contribution < -0.4 is 5.73 Å². The van der Waals surface area contributed by atoms with E-state index in [2.05, 4.69) is 36.1 Å². The number of likely N-dealkylation sites (tertiary alicyclic amines) is 1. The molecule has 2 heteroatoms. The zero-order valence-electron chi connectivity index (χ0n) is 10.2. The average molecular weight is 218 g/mol. The number of nitrogens with zero attached hydrogens (tertiary/aromatic N) is 1. The van der Waals surface area contributed by atoms with Gasteiger partial charge in [-0.25, -0.2) is 0 Å². The van der Waals surface area contributed by atoms with E-state index in [-0.39, 0.29) is 0 Å². The molecule has 0 amide bonds. The third kappa shape index (κ3) is 2.63. The van der Waals surface area contributed by atoms with E-state index < -0.39 is 0 Å². The van der Waals surface area contributed by atoms with E-state index in [9.17, 15) is 0 Å². The van der Waals surface area contributed by atoms with E-state index in [1.165, 1.54) is 43.5 Å². The molecule has 16 heavy (non-hydrogen) atoms. The van der Waals surface area contributed by atoms with E-state index in [0.29, 0.717) is 6.04 Å². The van der Waals surface area contributed by atoms with Crippen LogP contribution in [0.1, 0.15) is 36.4 Å². The van der Waals surface area contributed by atoms with Gasteiger partial charge in [0.25, 0.3) is 0 Å². The fourth-order valence-corrected chi connectivity index (χ4v) is 2.51. The van der Waals surface area contributed by atoms with Gasteiger partial charge in [0.1, 0.15) is 0 Å². The Morgan fingerprint density at radius 1 is 1.12 bits per heavy atom. The van der Waals surface area contributed by atoms with E-state index in [0.717, 1.165) is 6.54 Å². The smallest absolute Gasteiger partial charge is 0.0470 e. The third-order valence-electron chi connectivity index (χ3n) is 3.52. The maximum absolute atomic E-state index is 5.93. The largest absolute Gasteiger partial charge is 0.329 e. The minimum Gasteiger partial charge on any atom is -0.329 e. The highest BCUT2D eigenvalue weighted by molar-refractivity contribution is 5.24. The normalized spacial score (nSPS) is 19.6. The number of hydrogen-bond acceptors (Lipinski definition) is 2. The van der Waals surface area contributed by atoms with E-state index >= 15 is 0 Å². The van der Waals surface area contributed by atoms with E-state index in [4.69, 9.17) is 5.73 Å². The Hall–Kier alpha value is -0.860. The molecule has 1 aliphatic heterocycles. The van der Waals surface area contributed by atoms with Crippen LogP contribution in [0.3, 0.4) is 0 Å². The Balaban J connectivity index is 2.11. The molecule has 88 valence electrons. The second kappa shape index (κ2) is 5.46.